The largest absolute Gasteiger partial charge is 0.487 e. The highest BCUT2D eigenvalue weighted by Gasteiger charge is 2.11. The van der Waals surface area contributed by atoms with Gasteiger partial charge in [0, 0.05) is 11.8 Å². The highest BCUT2D eigenvalue weighted by atomic mass is 16.5. The van der Waals surface area contributed by atoms with Crippen LogP contribution in [-0.4, -0.2) is 28.6 Å². The zero-order chi connectivity index (χ0) is 15.8. The molecule has 0 aliphatic heterocycles. The van der Waals surface area contributed by atoms with Gasteiger partial charge in [0.25, 0.3) is 5.91 Å². The second-order valence-corrected chi connectivity index (χ2v) is 4.90. The van der Waals surface area contributed by atoms with Gasteiger partial charge in [0.15, 0.2) is 0 Å². The van der Waals surface area contributed by atoms with E-state index in [1.165, 1.54) is 0 Å². The van der Waals surface area contributed by atoms with Crippen molar-refractivity contribution in [1.82, 2.24) is 10.3 Å². The van der Waals surface area contributed by atoms with Crippen LogP contribution in [0, 0.1) is 0 Å². The van der Waals surface area contributed by atoms with Crippen LogP contribution in [0.25, 0.3) is 0 Å². The molecule has 1 unspecified atom stereocenters. The van der Waals surface area contributed by atoms with Gasteiger partial charge in [-0.2, -0.15) is 0 Å². The van der Waals surface area contributed by atoms with Gasteiger partial charge in [-0.1, -0.05) is 13.0 Å². The second-order valence-electron chi connectivity index (χ2n) is 4.90. The number of hydrogen-bond donors (Lipinski definition) is 2. The van der Waals surface area contributed by atoms with Crippen molar-refractivity contribution in [3.05, 3.63) is 59.9 Å². The Morgan fingerprint density at radius 3 is 2.64 bits per heavy atom. The molecule has 0 aliphatic rings. The number of rotatable bonds is 7. The Kier molecular flexibility index (Phi) is 5.91. The Bertz CT molecular complexity index is 581. The van der Waals surface area contributed by atoms with Gasteiger partial charge in [-0.15, -0.1) is 0 Å². The molecule has 0 spiro atoms. The normalized spacial score (nSPS) is 11.7. The lowest BCUT2D eigenvalue weighted by molar-refractivity contribution is 0.0915. The molecule has 5 nitrogen and oxygen atoms in total. The maximum absolute atomic E-state index is 12.0. The first-order valence-corrected chi connectivity index (χ1v) is 7.27. The van der Waals surface area contributed by atoms with Gasteiger partial charge < -0.3 is 15.2 Å². The third-order valence-electron chi connectivity index (χ3n) is 3.28. The van der Waals surface area contributed by atoms with Crippen molar-refractivity contribution in [3.63, 3.8) is 0 Å². The molecule has 0 saturated heterocycles. The fraction of sp³-hybridized carbons (Fsp3) is 0.294. The van der Waals surface area contributed by atoms with Crippen LogP contribution in [0.3, 0.4) is 0 Å². The number of carbonyl (C=O) groups excluding carboxylic acids is 1. The van der Waals surface area contributed by atoms with E-state index in [9.17, 15) is 4.79 Å². The fourth-order valence-electron chi connectivity index (χ4n) is 1.89. The van der Waals surface area contributed by atoms with E-state index in [1.807, 2.05) is 25.1 Å². The fourth-order valence-corrected chi connectivity index (χ4v) is 1.89. The van der Waals surface area contributed by atoms with Gasteiger partial charge in [-0.05, 0) is 42.8 Å². The van der Waals surface area contributed by atoms with E-state index < -0.39 is 0 Å². The number of hydrogen-bond acceptors (Lipinski definition) is 4. The number of nitrogens with zero attached hydrogens (tertiary/aromatic N) is 1. The smallest absolute Gasteiger partial charge is 0.251 e. The average molecular weight is 300 g/mol. The van der Waals surface area contributed by atoms with E-state index in [2.05, 4.69) is 10.3 Å². The lowest BCUT2D eigenvalue weighted by atomic mass is 10.1. The van der Waals surface area contributed by atoms with E-state index in [0.29, 0.717) is 24.3 Å². The molecule has 0 radical (unpaired) electrons. The molecular weight excluding hydrogens is 280 g/mol. The molecule has 1 aromatic carbocycles. The van der Waals surface area contributed by atoms with E-state index >= 15 is 0 Å². The molecule has 116 valence electrons. The molecule has 5 heteroatoms. The van der Waals surface area contributed by atoms with Crippen molar-refractivity contribution in [3.8, 4) is 5.75 Å². The molecule has 0 fully saturated rings. The highest BCUT2D eigenvalue weighted by molar-refractivity contribution is 5.94. The number of pyridine rings is 1. The van der Waals surface area contributed by atoms with Crippen molar-refractivity contribution < 1.29 is 14.6 Å². The van der Waals surface area contributed by atoms with Gasteiger partial charge in [-0.25, -0.2) is 0 Å². The summed E-state index contributed by atoms with van der Waals surface area (Å²) in [5.41, 5.74) is 1.38. The summed E-state index contributed by atoms with van der Waals surface area (Å²) in [4.78, 5) is 16.2. The van der Waals surface area contributed by atoms with Crippen molar-refractivity contribution in [2.75, 3.05) is 6.61 Å². The zero-order valence-corrected chi connectivity index (χ0v) is 12.5. The molecule has 0 bridgehead atoms. The summed E-state index contributed by atoms with van der Waals surface area (Å²) < 4.78 is 5.62. The summed E-state index contributed by atoms with van der Waals surface area (Å²) in [6.45, 7) is 2.23. The Morgan fingerprint density at radius 2 is 2.05 bits per heavy atom. The average Bonchev–Trinajstić information content (AvgIpc) is 2.59. The van der Waals surface area contributed by atoms with E-state index in [0.717, 1.165) is 5.69 Å². The monoisotopic (exact) mass is 300 g/mol. The van der Waals surface area contributed by atoms with E-state index in [1.54, 1.807) is 30.5 Å². The number of aromatic nitrogens is 1. The number of amides is 1. The summed E-state index contributed by atoms with van der Waals surface area (Å²) in [6.07, 6.45) is 2.41. The number of aliphatic hydroxyl groups excluding tert-OH is 1. The highest BCUT2D eigenvalue weighted by Crippen LogP contribution is 2.14. The van der Waals surface area contributed by atoms with Crippen LogP contribution in [0.15, 0.2) is 48.7 Å². The number of carbonyl (C=O) groups is 1. The number of benzene rings is 1. The van der Waals surface area contributed by atoms with Gasteiger partial charge in [0.1, 0.15) is 12.4 Å². The Balaban J connectivity index is 1.91. The summed E-state index contributed by atoms with van der Waals surface area (Å²) in [6, 6.07) is 12.3. The summed E-state index contributed by atoms with van der Waals surface area (Å²) in [5.74, 6) is 0.480. The van der Waals surface area contributed by atoms with E-state index in [-0.39, 0.29) is 18.6 Å². The van der Waals surface area contributed by atoms with Crippen molar-refractivity contribution in [2.45, 2.75) is 26.0 Å². The molecule has 1 amide bonds. The van der Waals surface area contributed by atoms with Crippen LogP contribution in [0.5, 0.6) is 5.75 Å². The lowest BCUT2D eigenvalue weighted by Crippen LogP contribution is -2.36. The van der Waals surface area contributed by atoms with Crippen LogP contribution in [0.1, 0.15) is 29.4 Å². The molecule has 0 saturated carbocycles. The van der Waals surface area contributed by atoms with Crippen LogP contribution in [-0.2, 0) is 6.61 Å². The van der Waals surface area contributed by atoms with Crippen molar-refractivity contribution in [1.29, 1.82) is 0 Å². The lowest BCUT2D eigenvalue weighted by Gasteiger charge is -2.14. The molecule has 1 aromatic heterocycles. The minimum atomic E-state index is -0.215. The number of nitrogens with one attached hydrogen (secondary N) is 1. The zero-order valence-electron chi connectivity index (χ0n) is 12.5. The summed E-state index contributed by atoms with van der Waals surface area (Å²) in [5, 5.41) is 11.9. The summed E-state index contributed by atoms with van der Waals surface area (Å²) >= 11 is 0. The third kappa shape index (κ3) is 4.56. The van der Waals surface area contributed by atoms with Gasteiger partial charge in [-0.3, -0.25) is 9.78 Å². The standard InChI is InChI=1S/C17H20N2O3/c1-2-14(11-20)19-17(21)13-6-8-16(9-7-13)22-12-15-5-3-4-10-18-15/h3-10,14,20H,2,11-12H2,1H3,(H,19,21). The molecule has 22 heavy (non-hydrogen) atoms. The number of aliphatic hydroxyl groups is 1. The van der Waals surface area contributed by atoms with Crippen LogP contribution in [0.4, 0.5) is 0 Å². The molecular formula is C17H20N2O3. The van der Waals surface area contributed by atoms with Crippen molar-refractivity contribution in [2.24, 2.45) is 0 Å². The Hall–Kier alpha value is -2.40. The van der Waals surface area contributed by atoms with Crippen LogP contribution in [0.2, 0.25) is 0 Å². The predicted molar refractivity (Wildman–Crippen MR) is 83.6 cm³/mol. The second kappa shape index (κ2) is 8.14. The Morgan fingerprint density at radius 1 is 1.27 bits per heavy atom. The van der Waals surface area contributed by atoms with Crippen LogP contribution < -0.4 is 10.1 Å². The number of ether oxygens (including phenoxy) is 1. The Labute approximate surface area is 130 Å². The molecule has 1 atom stereocenters. The third-order valence-corrected chi connectivity index (χ3v) is 3.28. The maximum Gasteiger partial charge on any atom is 0.251 e. The predicted octanol–water partition coefficient (Wildman–Crippen LogP) is 2.16. The minimum absolute atomic E-state index is 0.0620. The SMILES string of the molecule is CCC(CO)NC(=O)c1ccc(OCc2ccccn2)cc1. The molecule has 1 heterocycles. The molecule has 0 aliphatic carbocycles. The quantitative estimate of drug-likeness (QED) is 0.822. The first-order valence-electron chi connectivity index (χ1n) is 7.27. The molecule has 2 N–H and O–H groups in total. The van der Waals surface area contributed by atoms with Crippen LogP contribution >= 0.6 is 0 Å². The minimum Gasteiger partial charge on any atom is -0.487 e. The van der Waals surface area contributed by atoms with Crippen molar-refractivity contribution >= 4 is 5.91 Å². The van der Waals surface area contributed by atoms with E-state index in [4.69, 9.17) is 9.84 Å². The first-order chi connectivity index (χ1) is 10.7. The maximum atomic E-state index is 12.0. The first kappa shape index (κ1) is 16.0. The van der Waals surface area contributed by atoms with Gasteiger partial charge in [0.05, 0.1) is 18.3 Å². The summed E-state index contributed by atoms with van der Waals surface area (Å²) in [7, 11) is 0. The van der Waals surface area contributed by atoms with Gasteiger partial charge >= 0.3 is 0 Å². The van der Waals surface area contributed by atoms with Gasteiger partial charge in [0.2, 0.25) is 0 Å². The molecule has 2 aromatic rings. The molecule has 2 rings (SSSR count). The topological polar surface area (TPSA) is 71.5 Å².